The third-order valence-electron chi connectivity index (χ3n) is 4.83. The number of fused-ring (bicyclic) bond motifs is 2. The Morgan fingerprint density at radius 1 is 1.03 bits per heavy atom. The number of para-hydroxylation sites is 1. The largest absolute Gasteiger partial charge is 0.453 e. The summed E-state index contributed by atoms with van der Waals surface area (Å²) in [5.74, 6) is -0.586. The van der Waals surface area contributed by atoms with E-state index >= 15 is 0 Å². The number of hydrogen-bond donors (Lipinski definition) is 1. The molecule has 0 saturated carbocycles. The van der Waals surface area contributed by atoms with Crippen LogP contribution in [0.1, 0.15) is 28.4 Å². The summed E-state index contributed by atoms with van der Waals surface area (Å²) in [6, 6.07) is 22.8. The molecule has 1 aliphatic rings. The number of thiazole rings is 1. The van der Waals surface area contributed by atoms with Gasteiger partial charge < -0.3 is 10.1 Å². The van der Waals surface area contributed by atoms with E-state index in [9.17, 15) is 9.59 Å². The van der Waals surface area contributed by atoms with E-state index in [1.807, 2.05) is 60.7 Å². The Hall–Kier alpha value is -3.51. The number of amides is 1. The van der Waals surface area contributed by atoms with E-state index < -0.39 is 6.10 Å². The fraction of sp³-hybridized carbons (Fsp3) is 0.0870. The highest BCUT2D eigenvalue weighted by atomic mass is 32.1. The van der Waals surface area contributed by atoms with Gasteiger partial charge in [0, 0.05) is 16.8 Å². The van der Waals surface area contributed by atoms with Gasteiger partial charge in [0.25, 0.3) is 0 Å². The third kappa shape index (κ3) is 3.39. The summed E-state index contributed by atoms with van der Waals surface area (Å²) in [6.07, 6.45) is -0.472. The number of benzene rings is 3. The lowest BCUT2D eigenvalue weighted by Gasteiger charge is -2.11. The second kappa shape index (κ2) is 7.14. The molecule has 0 saturated heterocycles. The van der Waals surface area contributed by atoms with Crippen LogP contribution in [0, 0.1) is 0 Å². The van der Waals surface area contributed by atoms with Crippen molar-refractivity contribution in [1.82, 2.24) is 4.98 Å². The summed E-state index contributed by atoms with van der Waals surface area (Å²) in [6.45, 7) is 0. The van der Waals surface area contributed by atoms with Crippen molar-refractivity contribution in [3.63, 3.8) is 0 Å². The minimum atomic E-state index is -0.550. The lowest BCUT2D eigenvalue weighted by Crippen LogP contribution is -2.15. The van der Waals surface area contributed by atoms with Crippen molar-refractivity contribution < 1.29 is 14.3 Å². The first kappa shape index (κ1) is 17.6. The van der Waals surface area contributed by atoms with Crippen LogP contribution in [-0.2, 0) is 9.53 Å². The van der Waals surface area contributed by atoms with Gasteiger partial charge in [-0.3, -0.25) is 4.79 Å². The summed E-state index contributed by atoms with van der Waals surface area (Å²) >= 11 is 1.62. The van der Waals surface area contributed by atoms with Crippen LogP contribution in [0.2, 0.25) is 0 Å². The zero-order valence-corrected chi connectivity index (χ0v) is 16.1. The molecule has 0 fully saturated rings. The summed E-state index contributed by atoms with van der Waals surface area (Å²) in [7, 11) is 0. The summed E-state index contributed by atoms with van der Waals surface area (Å²) in [4.78, 5) is 29.2. The number of nitrogens with one attached hydrogen (secondary N) is 1. The third-order valence-corrected chi connectivity index (χ3v) is 5.92. The topological polar surface area (TPSA) is 68.3 Å². The van der Waals surface area contributed by atoms with Crippen LogP contribution in [0.25, 0.3) is 20.8 Å². The summed E-state index contributed by atoms with van der Waals surface area (Å²) in [5.41, 5.74) is 3.88. The number of ether oxygens (including phenoxy) is 1. The molecule has 6 heteroatoms. The molecule has 1 amide bonds. The van der Waals surface area contributed by atoms with Crippen molar-refractivity contribution in [2.75, 3.05) is 5.32 Å². The molecule has 1 aliphatic heterocycles. The lowest BCUT2D eigenvalue weighted by molar-refractivity contribution is -0.118. The van der Waals surface area contributed by atoms with Crippen molar-refractivity contribution in [3.8, 4) is 10.6 Å². The van der Waals surface area contributed by atoms with Crippen molar-refractivity contribution in [2.24, 2.45) is 0 Å². The maximum atomic E-state index is 12.6. The number of esters is 1. The molecule has 2 heterocycles. The van der Waals surface area contributed by atoms with E-state index in [0.717, 1.165) is 26.4 Å². The number of carbonyl (C=O) groups is 2. The van der Waals surface area contributed by atoms with Gasteiger partial charge in [0.15, 0.2) is 0 Å². The maximum absolute atomic E-state index is 12.6. The number of rotatable bonds is 4. The number of anilines is 1. The molecule has 0 radical (unpaired) electrons. The average Bonchev–Trinajstić information content (AvgIpc) is 3.30. The quantitative estimate of drug-likeness (QED) is 0.478. The molecule has 1 N–H and O–H groups in total. The van der Waals surface area contributed by atoms with Gasteiger partial charge in [-0.25, -0.2) is 9.78 Å². The molecule has 0 aliphatic carbocycles. The van der Waals surface area contributed by atoms with Crippen molar-refractivity contribution in [1.29, 1.82) is 0 Å². The molecule has 4 aromatic rings. The molecule has 142 valence electrons. The highest BCUT2D eigenvalue weighted by molar-refractivity contribution is 7.21. The Balaban J connectivity index is 1.33. The Morgan fingerprint density at radius 3 is 2.76 bits per heavy atom. The number of hydrogen-bond acceptors (Lipinski definition) is 5. The highest BCUT2D eigenvalue weighted by Gasteiger charge is 2.32. The molecule has 1 aromatic heterocycles. The van der Waals surface area contributed by atoms with Crippen LogP contribution < -0.4 is 5.32 Å². The number of aromatic nitrogens is 1. The van der Waals surface area contributed by atoms with E-state index in [1.165, 1.54) is 0 Å². The van der Waals surface area contributed by atoms with Gasteiger partial charge in [-0.2, -0.15) is 0 Å². The predicted molar refractivity (Wildman–Crippen MR) is 113 cm³/mol. The monoisotopic (exact) mass is 400 g/mol. The lowest BCUT2D eigenvalue weighted by atomic mass is 10.0. The molecule has 5 rings (SSSR count). The summed E-state index contributed by atoms with van der Waals surface area (Å²) in [5, 5.41) is 3.81. The van der Waals surface area contributed by atoms with Crippen LogP contribution >= 0.6 is 11.3 Å². The minimum Gasteiger partial charge on any atom is -0.453 e. The number of carbonyl (C=O) groups excluding carboxylic acids is 2. The molecular weight excluding hydrogens is 384 g/mol. The normalized spacial score (nSPS) is 15.2. The Bertz CT molecular complexity index is 1210. The van der Waals surface area contributed by atoms with Crippen LogP contribution in [0.3, 0.4) is 0 Å². The SMILES string of the molecule is O=C(C[C@@H]1OC(=O)c2ccccc21)Nc1cccc(-c2nc3ccccc3s2)c1. The Morgan fingerprint density at radius 2 is 1.86 bits per heavy atom. The first-order chi connectivity index (χ1) is 14.2. The van der Waals surface area contributed by atoms with E-state index in [-0.39, 0.29) is 18.3 Å². The number of cyclic esters (lactones) is 1. The van der Waals surface area contributed by atoms with Crippen molar-refractivity contribution in [3.05, 3.63) is 83.9 Å². The van der Waals surface area contributed by atoms with Gasteiger partial charge in [-0.1, -0.05) is 42.5 Å². The van der Waals surface area contributed by atoms with Gasteiger partial charge in [0.05, 0.1) is 22.2 Å². The molecule has 0 unspecified atom stereocenters. The average molecular weight is 400 g/mol. The van der Waals surface area contributed by atoms with Gasteiger partial charge in [-0.05, 0) is 30.3 Å². The molecule has 29 heavy (non-hydrogen) atoms. The smallest absolute Gasteiger partial charge is 0.339 e. The van der Waals surface area contributed by atoms with Gasteiger partial charge in [0.1, 0.15) is 11.1 Å². The first-order valence-electron chi connectivity index (χ1n) is 9.23. The van der Waals surface area contributed by atoms with Gasteiger partial charge in [-0.15, -0.1) is 11.3 Å². The van der Waals surface area contributed by atoms with E-state index in [0.29, 0.717) is 11.3 Å². The first-order valence-corrected chi connectivity index (χ1v) is 10.0. The van der Waals surface area contributed by atoms with Gasteiger partial charge in [0.2, 0.25) is 5.91 Å². The standard InChI is InChI=1S/C23H16N2O3S/c26-21(13-19-16-8-1-2-9-17(16)23(27)28-19)24-15-7-5-6-14(12-15)22-25-18-10-3-4-11-20(18)29-22/h1-12,19H,13H2,(H,24,26)/t19-/m0/s1. The molecule has 3 aromatic carbocycles. The molecule has 0 spiro atoms. The van der Waals surface area contributed by atoms with Crippen molar-refractivity contribution in [2.45, 2.75) is 12.5 Å². The van der Waals surface area contributed by atoms with Crippen molar-refractivity contribution >= 4 is 39.1 Å². The minimum absolute atomic E-state index is 0.0775. The molecule has 5 nitrogen and oxygen atoms in total. The van der Waals surface area contributed by atoms with Crippen LogP contribution in [0.5, 0.6) is 0 Å². The second-order valence-corrected chi connectivity index (χ2v) is 7.83. The van der Waals surface area contributed by atoms with Crippen LogP contribution in [-0.4, -0.2) is 16.9 Å². The zero-order chi connectivity index (χ0) is 19.8. The number of nitrogens with zero attached hydrogens (tertiary/aromatic N) is 1. The molecule has 0 bridgehead atoms. The fourth-order valence-corrected chi connectivity index (χ4v) is 4.44. The second-order valence-electron chi connectivity index (χ2n) is 6.80. The highest BCUT2D eigenvalue weighted by Crippen LogP contribution is 2.34. The van der Waals surface area contributed by atoms with E-state index in [2.05, 4.69) is 10.3 Å². The fourth-order valence-electron chi connectivity index (χ4n) is 3.48. The maximum Gasteiger partial charge on any atom is 0.339 e. The molecule has 1 atom stereocenters. The predicted octanol–water partition coefficient (Wildman–Crippen LogP) is 5.20. The van der Waals surface area contributed by atoms with Crippen LogP contribution in [0.15, 0.2) is 72.8 Å². The molecular formula is C23H16N2O3S. The zero-order valence-electron chi connectivity index (χ0n) is 15.3. The van der Waals surface area contributed by atoms with Gasteiger partial charge >= 0.3 is 5.97 Å². The summed E-state index contributed by atoms with van der Waals surface area (Å²) < 4.78 is 6.48. The Labute approximate surface area is 171 Å². The van der Waals surface area contributed by atoms with Crippen LogP contribution in [0.4, 0.5) is 5.69 Å². The Kier molecular flexibility index (Phi) is 4.33. The van der Waals surface area contributed by atoms with E-state index in [1.54, 1.807) is 23.5 Å². The van der Waals surface area contributed by atoms with E-state index in [4.69, 9.17) is 4.74 Å².